The van der Waals surface area contributed by atoms with E-state index in [0.717, 1.165) is 36.5 Å². The molecular weight excluding hydrogens is 354 g/mol. The Bertz CT molecular complexity index is 828. The molecule has 28 heavy (non-hydrogen) atoms. The van der Waals surface area contributed by atoms with Crippen LogP contribution in [-0.2, 0) is 17.8 Å². The lowest BCUT2D eigenvalue weighted by Crippen LogP contribution is -2.40. The molecule has 2 N–H and O–H groups in total. The maximum absolute atomic E-state index is 12.8. The maximum Gasteiger partial charge on any atom is 0.248 e. The number of aryl methyl sites for hydroxylation is 1. The van der Waals surface area contributed by atoms with Crippen LogP contribution in [0.15, 0.2) is 39.8 Å². The summed E-state index contributed by atoms with van der Waals surface area (Å²) >= 11 is 0. The van der Waals surface area contributed by atoms with Gasteiger partial charge in [0.25, 0.3) is 0 Å². The van der Waals surface area contributed by atoms with E-state index < -0.39 is 0 Å². The summed E-state index contributed by atoms with van der Waals surface area (Å²) in [4.78, 5) is 19.1. The fourth-order valence-electron chi connectivity index (χ4n) is 3.22. The van der Waals surface area contributed by atoms with Gasteiger partial charge in [0.1, 0.15) is 6.54 Å². The highest BCUT2D eigenvalue weighted by atomic mass is 16.5. The van der Waals surface area contributed by atoms with Crippen LogP contribution in [-0.4, -0.2) is 36.7 Å². The molecule has 0 saturated carbocycles. The molecule has 3 rings (SSSR count). The second-order valence-electron chi connectivity index (χ2n) is 7.20. The van der Waals surface area contributed by atoms with E-state index in [2.05, 4.69) is 40.7 Å². The first-order valence-corrected chi connectivity index (χ1v) is 9.94. The van der Waals surface area contributed by atoms with Crippen molar-refractivity contribution in [3.8, 4) is 0 Å². The second kappa shape index (κ2) is 9.39. The molecule has 1 aliphatic heterocycles. The van der Waals surface area contributed by atoms with Gasteiger partial charge in [-0.25, -0.2) is 4.99 Å². The minimum absolute atomic E-state index is 0.00566. The van der Waals surface area contributed by atoms with Crippen LogP contribution >= 0.6 is 0 Å². The van der Waals surface area contributed by atoms with E-state index in [0.29, 0.717) is 25.0 Å². The predicted octanol–water partition coefficient (Wildman–Crippen LogP) is 2.83. The molecule has 0 spiro atoms. The number of aromatic nitrogens is 1. The lowest BCUT2D eigenvalue weighted by atomic mass is 10.0. The number of amides is 1. The minimum Gasteiger partial charge on any atom is -0.359 e. The fraction of sp³-hybridized carbons (Fsp3) is 0.476. The third-order valence-corrected chi connectivity index (χ3v) is 4.73. The monoisotopic (exact) mass is 383 g/mol. The van der Waals surface area contributed by atoms with Crippen molar-refractivity contribution in [2.45, 2.75) is 46.1 Å². The second-order valence-corrected chi connectivity index (χ2v) is 7.20. The third kappa shape index (κ3) is 4.91. The van der Waals surface area contributed by atoms with E-state index >= 15 is 0 Å². The van der Waals surface area contributed by atoms with Crippen LogP contribution in [0.3, 0.4) is 0 Å². The lowest BCUT2D eigenvalue weighted by molar-refractivity contribution is -0.117. The normalized spacial score (nSPS) is 14.1. The molecule has 2 aromatic rings. The first-order valence-electron chi connectivity index (χ1n) is 9.94. The number of guanidine groups is 1. The summed E-state index contributed by atoms with van der Waals surface area (Å²) in [6, 6.07) is 10.0. The van der Waals surface area contributed by atoms with Crippen molar-refractivity contribution < 1.29 is 9.32 Å². The highest BCUT2D eigenvalue weighted by Gasteiger charge is 2.21. The number of carbonyl (C=O) groups is 1. The van der Waals surface area contributed by atoms with Crippen LogP contribution in [0.25, 0.3) is 0 Å². The molecule has 0 fully saturated rings. The van der Waals surface area contributed by atoms with Crippen LogP contribution in [0, 0.1) is 0 Å². The summed E-state index contributed by atoms with van der Waals surface area (Å²) in [5, 5.41) is 10.4. The molecule has 0 atom stereocenters. The van der Waals surface area contributed by atoms with Crippen molar-refractivity contribution in [1.82, 2.24) is 15.8 Å². The number of fused-ring (bicyclic) bond motifs is 1. The molecule has 1 aromatic heterocycles. The number of rotatable bonds is 6. The average molecular weight is 383 g/mol. The number of nitrogens with one attached hydrogen (secondary N) is 2. The molecule has 0 unspecified atom stereocenters. The van der Waals surface area contributed by atoms with Gasteiger partial charge in [-0.2, -0.15) is 0 Å². The molecule has 7 heteroatoms. The Morgan fingerprint density at radius 3 is 2.89 bits per heavy atom. The quantitative estimate of drug-likeness (QED) is 0.592. The number of aliphatic imine (C=N–C) groups is 1. The number of hydrogen-bond acceptors (Lipinski definition) is 4. The van der Waals surface area contributed by atoms with E-state index in [1.807, 2.05) is 36.1 Å². The Morgan fingerprint density at radius 2 is 2.14 bits per heavy atom. The zero-order valence-corrected chi connectivity index (χ0v) is 16.9. The molecule has 150 valence electrons. The standard InChI is InChI=1S/C21H29N5O2/c1-4-22-21(23-13-17-12-18(15(2)3)25-28-17)24-14-20(27)26-11-7-9-16-8-5-6-10-19(16)26/h5-6,8,10,12,15H,4,7,9,11,13-14H2,1-3H3,(H2,22,23,24). The van der Waals surface area contributed by atoms with Gasteiger partial charge in [0.15, 0.2) is 11.7 Å². The molecule has 0 saturated heterocycles. The SMILES string of the molecule is CCNC(=NCC(=O)N1CCCc2ccccc21)NCc1cc(C(C)C)no1. The summed E-state index contributed by atoms with van der Waals surface area (Å²) < 4.78 is 5.34. The summed E-state index contributed by atoms with van der Waals surface area (Å²) in [7, 11) is 0. The van der Waals surface area contributed by atoms with Gasteiger partial charge in [0, 0.05) is 24.8 Å². The van der Waals surface area contributed by atoms with Crippen molar-refractivity contribution in [2.24, 2.45) is 4.99 Å². The molecule has 1 aliphatic rings. The van der Waals surface area contributed by atoms with Crippen LogP contribution in [0.2, 0.25) is 0 Å². The number of hydrogen-bond donors (Lipinski definition) is 2. The summed E-state index contributed by atoms with van der Waals surface area (Å²) in [6.07, 6.45) is 2.00. The summed E-state index contributed by atoms with van der Waals surface area (Å²) in [6.45, 7) is 8.15. The van der Waals surface area contributed by atoms with E-state index in [4.69, 9.17) is 4.52 Å². The Hall–Kier alpha value is -2.83. The molecule has 1 aromatic carbocycles. The molecule has 0 radical (unpaired) electrons. The minimum atomic E-state index is 0.00566. The topological polar surface area (TPSA) is 82.8 Å². The molecule has 2 heterocycles. The zero-order valence-electron chi connectivity index (χ0n) is 16.9. The Morgan fingerprint density at radius 1 is 1.32 bits per heavy atom. The van der Waals surface area contributed by atoms with E-state index in [1.165, 1.54) is 5.56 Å². The zero-order chi connectivity index (χ0) is 19.9. The lowest BCUT2D eigenvalue weighted by Gasteiger charge is -2.29. The van der Waals surface area contributed by atoms with Crippen LogP contribution < -0.4 is 15.5 Å². The predicted molar refractivity (Wildman–Crippen MR) is 111 cm³/mol. The van der Waals surface area contributed by atoms with Crippen LogP contribution in [0.4, 0.5) is 5.69 Å². The van der Waals surface area contributed by atoms with Gasteiger partial charge in [0.2, 0.25) is 5.91 Å². The summed E-state index contributed by atoms with van der Waals surface area (Å²) in [5.74, 6) is 1.66. The first-order chi connectivity index (χ1) is 13.6. The van der Waals surface area contributed by atoms with Crippen LogP contribution in [0.5, 0.6) is 0 Å². The van der Waals surface area contributed by atoms with Crippen molar-refractivity contribution in [3.63, 3.8) is 0 Å². The summed E-state index contributed by atoms with van der Waals surface area (Å²) in [5.41, 5.74) is 3.16. The fourth-order valence-corrected chi connectivity index (χ4v) is 3.22. The number of benzene rings is 1. The van der Waals surface area contributed by atoms with Gasteiger partial charge in [0.05, 0.1) is 12.2 Å². The molecule has 0 bridgehead atoms. The van der Waals surface area contributed by atoms with Gasteiger partial charge >= 0.3 is 0 Å². The average Bonchev–Trinajstić information content (AvgIpc) is 3.19. The number of anilines is 1. The largest absolute Gasteiger partial charge is 0.359 e. The number of para-hydroxylation sites is 1. The van der Waals surface area contributed by atoms with Gasteiger partial charge < -0.3 is 20.1 Å². The Balaban J connectivity index is 1.61. The molecule has 7 nitrogen and oxygen atoms in total. The van der Waals surface area contributed by atoms with E-state index in [1.54, 1.807) is 0 Å². The van der Waals surface area contributed by atoms with Gasteiger partial charge in [-0.3, -0.25) is 4.79 Å². The highest BCUT2D eigenvalue weighted by molar-refractivity contribution is 5.97. The molecule has 0 aliphatic carbocycles. The molecular formula is C21H29N5O2. The highest BCUT2D eigenvalue weighted by Crippen LogP contribution is 2.26. The Labute approximate surface area is 166 Å². The van der Waals surface area contributed by atoms with E-state index in [-0.39, 0.29) is 12.5 Å². The van der Waals surface area contributed by atoms with Crippen LogP contribution in [0.1, 0.15) is 50.1 Å². The maximum atomic E-state index is 12.8. The molecule has 1 amide bonds. The van der Waals surface area contributed by atoms with Crippen molar-refractivity contribution in [3.05, 3.63) is 47.3 Å². The number of carbonyl (C=O) groups excluding carboxylic acids is 1. The van der Waals surface area contributed by atoms with Gasteiger partial charge in [-0.15, -0.1) is 0 Å². The van der Waals surface area contributed by atoms with Crippen molar-refractivity contribution in [2.75, 3.05) is 24.5 Å². The van der Waals surface area contributed by atoms with E-state index in [9.17, 15) is 4.79 Å². The smallest absolute Gasteiger partial charge is 0.248 e. The van der Waals surface area contributed by atoms with Crippen molar-refractivity contribution in [1.29, 1.82) is 0 Å². The van der Waals surface area contributed by atoms with Gasteiger partial charge in [-0.05, 0) is 37.3 Å². The third-order valence-electron chi connectivity index (χ3n) is 4.73. The van der Waals surface area contributed by atoms with Crippen molar-refractivity contribution >= 4 is 17.6 Å². The first kappa shape index (κ1) is 19.9. The van der Waals surface area contributed by atoms with Gasteiger partial charge in [-0.1, -0.05) is 37.2 Å². The Kier molecular flexibility index (Phi) is 6.68. The number of nitrogens with zero attached hydrogens (tertiary/aromatic N) is 3.